The van der Waals surface area contributed by atoms with Crippen LogP contribution in [0.2, 0.25) is 0 Å². The normalized spacial score (nSPS) is 16.4. The van der Waals surface area contributed by atoms with Crippen molar-refractivity contribution in [3.05, 3.63) is 47.9 Å². The number of aryl methyl sites for hydroxylation is 1. The van der Waals surface area contributed by atoms with Gasteiger partial charge in [-0.1, -0.05) is 6.07 Å². The zero-order valence-corrected chi connectivity index (χ0v) is 16.3. The van der Waals surface area contributed by atoms with Crippen LogP contribution in [0.25, 0.3) is 0 Å². The molecule has 2 N–H and O–H groups in total. The predicted octanol–water partition coefficient (Wildman–Crippen LogP) is 2.93. The molecule has 0 unspecified atom stereocenters. The average Bonchev–Trinajstić information content (AvgIpc) is 3.44. The zero-order chi connectivity index (χ0) is 20.4. The number of carbonyl (C=O) groups excluding carboxylic acids is 3. The third-order valence-corrected chi connectivity index (χ3v) is 5.28. The fraction of sp³-hybridized carbons (Fsp3) is 0.381. The number of piperazine rings is 1. The van der Waals surface area contributed by atoms with Crippen molar-refractivity contribution in [3.63, 3.8) is 0 Å². The maximum atomic E-state index is 12.7. The summed E-state index contributed by atoms with van der Waals surface area (Å²) in [5, 5.41) is 5.82. The van der Waals surface area contributed by atoms with Crippen LogP contribution in [0.3, 0.4) is 0 Å². The lowest BCUT2D eigenvalue weighted by Gasteiger charge is -2.34. The van der Waals surface area contributed by atoms with E-state index in [-0.39, 0.29) is 23.8 Å². The molecule has 0 radical (unpaired) electrons. The Labute approximate surface area is 168 Å². The lowest BCUT2D eigenvalue weighted by atomic mass is 10.1. The number of amides is 4. The highest BCUT2D eigenvalue weighted by atomic mass is 16.3. The van der Waals surface area contributed by atoms with Gasteiger partial charge in [-0.05, 0) is 49.6 Å². The largest absolute Gasteiger partial charge is 0.459 e. The minimum Gasteiger partial charge on any atom is -0.459 e. The zero-order valence-electron chi connectivity index (χ0n) is 16.3. The summed E-state index contributed by atoms with van der Waals surface area (Å²) in [6, 6.07) is 8.59. The standard InChI is InChI=1S/C21H24N4O4/c1-14-4-7-16(22-19(26)15-5-6-15)13-17(14)23-21(28)25-10-8-24(9-11-25)20(27)18-3-2-12-29-18/h2-4,7,12-13,15H,5-6,8-11H2,1H3,(H,22,26)(H,23,28). The molecule has 0 atom stereocenters. The lowest BCUT2D eigenvalue weighted by molar-refractivity contribution is -0.117. The molecule has 8 nitrogen and oxygen atoms in total. The summed E-state index contributed by atoms with van der Waals surface area (Å²) in [6.07, 6.45) is 3.35. The van der Waals surface area contributed by atoms with Gasteiger partial charge in [0.25, 0.3) is 5.91 Å². The minimum absolute atomic E-state index is 0.0310. The number of urea groups is 1. The predicted molar refractivity (Wildman–Crippen MR) is 108 cm³/mol. The number of hydrogen-bond donors (Lipinski definition) is 2. The monoisotopic (exact) mass is 396 g/mol. The molecule has 4 amide bonds. The van der Waals surface area contributed by atoms with E-state index in [4.69, 9.17) is 4.42 Å². The van der Waals surface area contributed by atoms with Crippen LogP contribution < -0.4 is 10.6 Å². The summed E-state index contributed by atoms with van der Waals surface area (Å²) in [7, 11) is 0. The van der Waals surface area contributed by atoms with Crippen molar-refractivity contribution in [1.29, 1.82) is 0 Å². The summed E-state index contributed by atoms with van der Waals surface area (Å²) in [6.45, 7) is 3.68. The summed E-state index contributed by atoms with van der Waals surface area (Å²) in [4.78, 5) is 40.3. The third kappa shape index (κ3) is 4.42. The maximum absolute atomic E-state index is 12.7. The molecule has 8 heteroatoms. The van der Waals surface area contributed by atoms with Gasteiger partial charge in [0.05, 0.1) is 6.26 Å². The fourth-order valence-electron chi connectivity index (χ4n) is 3.29. The highest BCUT2D eigenvalue weighted by Gasteiger charge is 2.30. The smallest absolute Gasteiger partial charge is 0.321 e. The minimum atomic E-state index is -0.219. The number of rotatable bonds is 4. The van der Waals surface area contributed by atoms with Gasteiger partial charge in [-0.15, -0.1) is 0 Å². The van der Waals surface area contributed by atoms with Crippen molar-refractivity contribution in [2.45, 2.75) is 19.8 Å². The van der Waals surface area contributed by atoms with Gasteiger partial charge in [0.15, 0.2) is 5.76 Å². The second-order valence-corrected chi connectivity index (χ2v) is 7.48. The molecule has 1 aromatic heterocycles. The molecule has 4 rings (SSSR count). The molecule has 0 bridgehead atoms. The molecule has 2 aliphatic rings. The van der Waals surface area contributed by atoms with Gasteiger partial charge in [0.1, 0.15) is 0 Å². The number of carbonyl (C=O) groups is 3. The fourth-order valence-corrected chi connectivity index (χ4v) is 3.29. The Morgan fingerprint density at radius 2 is 1.72 bits per heavy atom. The third-order valence-electron chi connectivity index (χ3n) is 5.28. The van der Waals surface area contributed by atoms with Crippen molar-refractivity contribution < 1.29 is 18.8 Å². The van der Waals surface area contributed by atoms with Crippen LogP contribution in [0.15, 0.2) is 41.0 Å². The topological polar surface area (TPSA) is 94.9 Å². The Morgan fingerprint density at radius 3 is 2.38 bits per heavy atom. The summed E-state index contributed by atoms with van der Waals surface area (Å²) in [5.74, 6) is 0.298. The van der Waals surface area contributed by atoms with Gasteiger partial charge in [0, 0.05) is 43.5 Å². The molecule has 0 spiro atoms. The highest BCUT2D eigenvalue weighted by molar-refractivity contribution is 5.96. The first-order valence-corrected chi connectivity index (χ1v) is 9.81. The first-order chi connectivity index (χ1) is 14.0. The second-order valence-electron chi connectivity index (χ2n) is 7.48. The van der Waals surface area contributed by atoms with Crippen LogP contribution in [-0.4, -0.2) is 53.8 Å². The SMILES string of the molecule is Cc1ccc(NC(=O)C2CC2)cc1NC(=O)N1CCN(C(=O)c2ccco2)CC1. The van der Waals surface area contributed by atoms with Gasteiger partial charge in [-0.3, -0.25) is 9.59 Å². The van der Waals surface area contributed by atoms with Crippen LogP contribution in [0.4, 0.5) is 16.2 Å². The number of benzene rings is 1. The van der Waals surface area contributed by atoms with Gasteiger partial charge in [-0.2, -0.15) is 0 Å². The van der Waals surface area contributed by atoms with Crippen LogP contribution in [-0.2, 0) is 4.79 Å². The number of anilines is 2. The van der Waals surface area contributed by atoms with E-state index in [1.165, 1.54) is 6.26 Å². The molecule has 1 aliphatic carbocycles. The molecular weight excluding hydrogens is 372 g/mol. The van der Waals surface area contributed by atoms with Crippen molar-refractivity contribution >= 4 is 29.2 Å². The van der Waals surface area contributed by atoms with E-state index in [0.717, 1.165) is 18.4 Å². The summed E-state index contributed by atoms with van der Waals surface area (Å²) in [5.41, 5.74) is 2.25. The molecule has 152 valence electrons. The van der Waals surface area contributed by atoms with E-state index in [9.17, 15) is 14.4 Å². The Balaban J connectivity index is 1.33. The Morgan fingerprint density at radius 1 is 1.00 bits per heavy atom. The summed E-state index contributed by atoms with van der Waals surface area (Å²) < 4.78 is 5.16. The Kier molecular flexibility index (Phi) is 5.24. The molecule has 1 aromatic carbocycles. The molecule has 2 aromatic rings. The van der Waals surface area contributed by atoms with E-state index in [0.29, 0.717) is 43.3 Å². The van der Waals surface area contributed by atoms with E-state index >= 15 is 0 Å². The van der Waals surface area contributed by atoms with Crippen molar-refractivity contribution in [1.82, 2.24) is 9.80 Å². The Bertz CT molecular complexity index is 913. The van der Waals surface area contributed by atoms with Gasteiger partial charge in [-0.25, -0.2) is 4.79 Å². The highest BCUT2D eigenvalue weighted by Crippen LogP contribution is 2.31. The first-order valence-electron chi connectivity index (χ1n) is 9.81. The van der Waals surface area contributed by atoms with Crippen LogP contribution >= 0.6 is 0 Å². The van der Waals surface area contributed by atoms with Gasteiger partial charge in [0.2, 0.25) is 5.91 Å². The molecule has 1 saturated heterocycles. The van der Waals surface area contributed by atoms with Gasteiger partial charge >= 0.3 is 6.03 Å². The lowest BCUT2D eigenvalue weighted by Crippen LogP contribution is -2.51. The van der Waals surface area contributed by atoms with Crippen LogP contribution in [0, 0.1) is 12.8 Å². The van der Waals surface area contributed by atoms with Crippen molar-refractivity contribution in [2.24, 2.45) is 5.92 Å². The first kappa shape index (κ1) is 19.0. The number of nitrogens with zero attached hydrogens (tertiary/aromatic N) is 2. The molecule has 2 fully saturated rings. The van der Waals surface area contributed by atoms with Gasteiger partial charge < -0.3 is 24.9 Å². The number of furan rings is 1. The molecule has 29 heavy (non-hydrogen) atoms. The second kappa shape index (κ2) is 7.98. The summed E-state index contributed by atoms with van der Waals surface area (Å²) >= 11 is 0. The number of nitrogens with one attached hydrogen (secondary N) is 2. The average molecular weight is 396 g/mol. The van der Waals surface area contributed by atoms with E-state index in [1.807, 2.05) is 19.1 Å². The maximum Gasteiger partial charge on any atom is 0.321 e. The van der Waals surface area contributed by atoms with E-state index in [2.05, 4.69) is 10.6 Å². The van der Waals surface area contributed by atoms with Crippen molar-refractivity contribution in [2.75, 3.05) is 36.8 Å². The number of hydrogen-bond acceptors (Lipinski definition) is 4. The van der Waals surface area contributed by atoms with E-state index < -0.39 is 0 Å². The van der Waals surface area contributed by atoms with E-state index in [1.54, 1.807) is 28.0 Å². The van der Waals surface area contributed by atoms with Crippen molar-refractivity contribution in [3.8, 4) is 0 Å². The quantitative estimate of drug-likeness (QED) is 0.831. The van der Waals surface area contributed by atoms with Crippen LogP contribution in [0.1, 0.15) is 29.0 Å². The molecular formula is C21H24N4O4. The molecule has 1 aliphatic heterocycles. The van der Waals surface area contributed by atoms with Crippen LogP contribution in [0.5, 0.6) is 0 Å². The Hall–Kier alpha value is -3.29. The molecule has 1 saturated carbocycles. The molecule has 2 heterocycles.